The zero-order valence-electron chi connectivity index (χ0n) is 8.51. The maximum absolute atomic E-state index is 2.40. The van der Waals surface area contributed by atoms with Crippen LogP contribution in [0.5, 0.6) is 0 Å². The number of hydrogen-bond acceptors (Lipinski definition) is 0. The van der Waals surface area contributed by atoms with Gasteiger partial charge in [0.25, 0.3) is 0 Å². The molecule has 1 rings (SSSR count). The van der Waals surface area contributed by atoms with E-state index in [1.54, 1.807) is 0 Å². The molecule has 0 aromatic carbocycles. The van der Waals surface area contributed by atoms with Crippen molar-refractivity contribution < 1.29 is 0 Å². The van der Waals surface area contributed by atoms with E-state index in [1.807, 2.05) is 0 Å². The normalized spacial score (nSPS) is 17.6. The van der Waals surface area contributed by atoms with Gasteiger partial charge in [-0.2, -0.15) is 0 Å². The van der Waals surface area contributed by atoms with Crippen LogP contribution in [-0.2, 0) is 0 Å². The first-order chi connectivity index (χ1) is 5.70. The number of hydrogen-bond donors (Lipinski definition) is 0. The zero-order valence-corrected chi connectivity index (χ0v) is 8.51. The molecule has 0 saturated heterocycles. The largest absolute Gasteiger partial charge is 0.0776 e. The molecule has 1 aliphatic rings. The fourth-order valence-corrected chi connectivity index (χ4v) is 1.72. The van der Waals surface area contributed by atoms with E-state index >= 15 is 0 Å². The van der Waals surface area contributed by atoms with Crippen molar-refractivity contribution in [2.75, 3.05) is 0 Å². The van der Waals surface area contributed by atoms with Crippen molar-refractivity contribution in [2.45, 2.75) is 40.0 Å². The van der Waals surface area contributed by atoms with Crippen molar-refractivity contribution in [2.24, 2.45) is 11.3 Å². The minimum absolute atomic E-state index is 0.545. The van der Waals surface area contributed by atoms with Crippen LogP contribution in [0.2, 0.25) is 0 Å². The molecule has 0 saturated carbocycles. The Kier molecular flexibility index (Phi) is 3.13. The van der Waals surface area contributed by atoms with Crippen LogP contribution in [0.3, 0.4) is 0 Å². The summed E-state index contributed by atoms with van der Waals surface area (Å²) < 4.78 is 0. The van der Waals surface area contributed by atoms with E-state index in [4.69, 9.17) is 0 Å². The van der Waals surface area contributed by atoms with Crippen LogP contribution >= 0.6 is 0 Å². The van der Waals surface area contributed by atoms with E-state index in [1.165, 1.54) is 19.3 Å². The van der Waals surface area contributed by atoms with Crippen molar-refractivity contribution in [3.05, 3.63) is 24.3 Å². The quantitative estimate of drug-likeness (QED) is 0.590. The molecule has 68 valence electrons. The Morgan fingerprint density at radius 2 is 1.58 bits per heavy atom. The Balaban J connectivity index is 2.47. The highest BCUT2D eigenvalue weighted by Crippen LogP contribution is 2.35. The minimum Gasteiger partial charge on any atom is -0.0776 e. The summed E-state index contributed by atoms with van der Waals surface area (Å²) in [6, 6.07) is 0. The molecule has 0 aliphatic heterocycles. The third-order valence-electron chi connectivity index (χ3n) is 3.26. The maximum Gasteiger partial charge on any atom is -0.00421 e. The van der Waals surface area contributed by atoms with Crippen LogP contribution in [0.1, 0.15) is 40.0 Å². The summed E-state index contributed by atoms with van der Waals surface area (Å²) in [5.41, 5.74) is 0.545. The lowest BCUT2D eigenvalue weighted by atomic mass is 9.77. The average Bonchev–Trinajstić information content (AvgIpc) is 2.57. The van der Waals surface area contributed by atoms with E-state index in [-0.39, 0.29) is 0 Å². The van der Waals surface area contributed by atoms with Crippen LogP contribution < -0.4 is 0 Å². The summed E-state index contributed by atoms with van der Waals surface area (Å²) in [4.78, 5) is 0. The summed E-state index contributed by atoms with van der Waals surface area (Å²) in [6.07, 6.45) is 12.8. The first-order valence-electron chi connectivity index (χ1n) is 5.05. The van der Waals surface area contributed by atoms with Gasteiger partial charge < -0.3 is 0 Å². The Bertz CT molecular complexity index is 170. The third kappa shape index (κ3) is 2.23. The molecule has 12 heavy (non-hydrogen) atoms. The molecule has 0 heterocycles. The van der Waals surface area contributed by atoms with Gasteiger partial charge in [0, 0.05) is 0 Å². The molecule has 0 aromatic heterocycles. The lowest BCUT2D eigenvalue weighted by molar-refractivity contribution is 0.256. The SMILES string of the molecule is CCC(C)(CC)CC1C=CC=C1. The van der Waals surface area contributed by atoms with E-state index in [0.717, 1.165) is 0 Å². The second-order valence-electron chi connectivity index (χ2n) is 4.16. The van der Waals surface area contributed by atoms with Gasteiger partial charge in [-0.05, 0) is 17.8 Å². The molecule has 1 aliphatic carbocycles. The van der Waals surface area contributed by atoms with Crippen LogP contribution in [0, 0.1) is 11.3 Å². The van der Waals surface area contributed by atoms with E-state index in [0.29, 0.717) is 11.3 Å². The molecule has 0 fully saturated rings. The lowest BCUT2D eigenvalue weighted by Crippen LogP contribution is -2.16. The van der Waals surface area contributed by atoms with Crippen molar-refractivity contribution in [3.63, 3.8) is 0 Å². The van der Waals surface area contributed by atoms with Gasteiger partial charge >= 0.3 is 0 Å². The van der Waals surface area contributed by atoms with Gasteiger partial charge in [0.15, 0.2) is 0 Å². The van der Waals surface area contributed by atoms with E-state index < -0.39 is 0 Å². The first kappa shape index (κ1) is 9.57. The van der Waals surface area contributed by atoms with Crippen LogP contribution in [0.4, 0.5) is 0 Å². The fourth-order valence-electron chi connectivity index (χ4n) is 1.72. The predicted octanol–water partition coefficient (Wildman–Crippen LogP) is 3.95. The van der Waals surface area contributed by atoms with Crippen LogP contribution in [0.15, 0.2) is 24.3 Å². The van der Waals surface area contributed by atoms with E-state index in [2.05, 4.69) is 45.1 Å². The average molecular weight is 164 g/mol. The second-order valence-corrected chi connectivity index (χ2v) is 4.16. The Labute approximate surface area is 76.4 Å². The summed E-state index contributed by atoms with van der Waals surface area (Å²) in [6.45, 7) is 6.99. The Morgan fingerprint density at radius 1 is 1.08 bits per heavy atom. The monoisotopic (exact) mass is 164 g/mol. The zero-order chi connectivity index (χ0) is 9.03. The number of allylic oxidation sites excluding steroid dienone is 4. The van der Waals surface area contributed by atoms with Gasteiger partial charge in [0.2, 0.25) is 0 Å². The van der Waals surface area contributed by atoms with Crippen LogP contribution in [-0.4, -0.2) is 0 Å². The van der Waals surface area contributed by atoms with Gasteiger partial charge in [-0.3, -0.25) is 0 Å². The van der Waals surface area contributed by atoms with Crippen molar-refractivity contribution in [1.82, 2.24) is 0 Å². The van der Waals surface area contributed by atoms with E-state index in [9.17, 15) is 0 Å². The standard InChI is InChI=1S/C12H20/c1-4-12(3,5-2)10-11-8-6-7-9-11/h6-9,11H,4-5,10H2,1-3H3. The van der Waals surface area contributed by atoms with Gasteiger partial charge in [-0.1, -0.05) is 57.9 Å². The van der Waals surface area contributed by atoms with Crippen LogP contribution in [0.25, 0.3) is 0 Å². The fraction of sp³-hybridized carbons (Fsp3) is 0.667. The lowest BCUT2D eigenvalue weighted by Gasteiger charge is -2.28. The summed E-state index contributed by atoms with van der Waals surface area (Å²) in [5.74, 6) is 0.704. The summed E-state index contributed by atoms with van der Waals surface area (Å²) in [5, 5.41) is 0. The summed E-state index contributed by atoms with van der Waals surface area (Å²) >= 11 is 0. The van der Waals surface area contributed by atoms with Crippen molar-refractivity contribution in [3.8, 4) is 0 Å². The maximum atomic E-state index is 2.40. The molecule has 0 atom stereocenters. The molecule has 0 spiro atoms. The Hall–Kier alpha value is -0.520. The molecular formula is C12H20. The Morgan fingerprint density at radius 3 is 2.00 bits per heavy atom. The molecule has 0 radical (unpaired) electrons. The van der Waals surface area contributed by atoms with Gasteiger partial charge in [-0.25, -0.2) is 0 Å². The highest BCUT2D eigenvalue weighted by molar-refractivity contribution is 5.17. The van der Waals surface area contributed by atoms with Crippen molar-refractivity contribution in [1.29, 1.82) is 0 Å². The smallest absolute Gasteiger partial charge is 0.00421 e. The highest BCUT2D eigenvalue weighted by Gasteiger charge is 2.22. The highest BCUT2D eigenvalue weighted by atomic mass is 14.3. The van der Waals surface area contributed by atoms with Crippen molar-refractivity contribution >= 4 is 0 Å². The molecule has 0 unspecified atom stereocenters. The molecule has 0 N–H and O–H groups in total. The second kappa shape index (κ2) is 3.93. The van der Waals surface area contributed by atoms with Gasteiger partial charge in [-0.15, -0.1) is 0 Å². The topological polar surface area (TPSA) is 0 Å². The molecule has 0 aromatic rings. The van der Waals surface area contributed by atoms with Gasteiger partial charge in [0.05, 0.1) is 0 Å². The molecular weight excluding hydrogens is 144 g/mol. The third-order valence-corrected chi connectivity index (χ3v) is 3.26. The predicted molar refractivity (Wildman–Crippen MR) is 55.1 cm³/mol. The molecule has 0 amide bonds. The summed E-state index contributed by atoms with van der Waals surface area (Å²) in [7, 11) is 0. The minimum atomic E-state index is 0.545. The number of rotatable bonds is 4. The van der Waals surface area contributed by atoms with Gasteiger partial charge in [0.1, 0.15) is 0 Å². The molecule has 0 bridgehead atoms. The first-order valence-corrected chi connectivity index (χ1v) is 5.05. The molecule has 0 heteroatoms. The molecule has 0 nitrogen and oxygen atoms in total.